The molecule has 1 atom stereocenters. The summed E-state index contributed by atoms with van der Waals surface area (Å²) in [4.78, 5) is 0. The summed E-state index contributed by atoms with van der Waals surface area (Å²) in [6, 6.07) is 1.76. The van der Waals surface area contributed by atoms with Crippen molar-refractivity contribution in [2.24, 2.45) is 5.84 Å². The molecule has 1 rings (SSSR count). The van der Waals surface area contributed by atoms with Gasteiger partial charge in [-0.1, -0.05) is 18.9 Å². The van der Waals surface area contributed by atoms with Gasteiger partial charge in [0, 0.05) is 11.6 Å². The summed E-state index contributed by atoms with van der Waals surface area (Å²) in [5, 5.41) is 0. The Kier molecular flexibility index (Phi) is 6.84. The topological polar surface area (TPSA) is 38.0 Å². The average molecular weight is 304 g/mol. The molecule has 0 saturated heterocycles. The van der Waals surface area contributed by atoms with Crippen LogP contribution in [0.1, 0.15) is 49.3 Å². The van der Waals surface area contributed by atoms with Crippen LogP contribution in [0.2, 0.25) is 0 Å². The number of nitrogens with two attached hydrogens (primary N) is 1. The molecule has 0 amide bonds. The molecule has 0 aromatic heterocycles. The van der Waals surface area contributed by atoms with E-state index in [2.05, 4.69) is 12.0 Å². The molecule has 1 unspecified atom stereocenters. The molecule has 0 radical (unpaired) electrons. The number of hydrazine groups is 1. The molecule has 0 aliphatic heterocycles. The number of hydrogen-bond acceptors (Lipinski definition) is 2. The van der Waals surface area contributed by atoms with E-state index in [1.165, 1.54) is 0 Å². The highest BCUT2D eigenvalue weighted by atomic mass is 19.4. The maximum atomic E-state index is 13.7. The summed E-state index contributed by atoms with van der Waals surface area (Å²) >= 11 is 0. The third-order valence-corrected chi connectivity index (χ3v) is 3.30. The standard InChI is InChI=1S/C15H20F4N2/c1-2-3-4-5-6-7-14(21-20)12-10-11(15(17,18)19)8-9-13(12)16/h2,8-10,14,21H,1,3-7,20H2. The summed E-state index contributed by atoms with van der Waals surface area (Å²) in [5.74, 6) is 4.68. The predicted octanol–water partition coefficient (Wildman–Crippen LogP) is 4.49. The third-order valence-electron chi connectivity index (χ3n) is 3.30. The zero-order valence-corrected chi connectivity index (χ0v) is 11.7. The molecule has 1 aromatic carbocycles. The molecule has 0 saturated carbocycles. The van der Waals surface area contributed by atoms with Crippen molar-refractivity contribution in [3.05, 3.63) is 47.8 Å². The van der Waals surface area contributed by atoms with Gasteiger partial charge in [-0.05, 0) is 37.5 Å². The van der Waals surface area contributed by atoms with E-state index in [9.17, 15) is 17.6 Å². The first-order valence-electron chi connectivity index (χ1n) is 6.83. The highest BCUT2D eigenvalue weighted by Crippen LogP contribution is 2.32. The van der Waals surface area contributed by atoms with Crippen LogP contribution < -0.4 is 11.3 Å². The van der Waals surface area contributed by atoms with E-state index in [4.69, 9.17) is 5.84 Å². The molecular weight excluding hydrogens is 284 g/mol. The molecule has 6 heteroatoms. The smallest absolute Gasteiger partial charge is 0.271 e. The fraction of sp³-hybridized carbons (Fsp3) is 0.467. The van der Waals surface area contributed by atoms with Gasteiger partial charge in [0.1, 0.15) is 5.82 Å². The molecule has 0 aliphatic carbocycles. The SMILES string of the molecule is C=CCCCCCC(NN)c1cc(C(F)(F)F)ccc1F. The molecule has 0 fully saturated rings. The second-order valence-corrected chi connectivity index (χ2v) is 4.88. The monoisotopic (exact) mass is 304 g/mol. The van der Waals surface area contributed by atoms with Crippen LogP contribution in [0.5, 0.6) is 0 Å². The lowest BCUT2D eigenvalue weighted by Crippen LogP contribution is -2.29. The number of unbranched alkanes of at least 4 members (excludes halogenated alkanes) is 3. The molecule has 1 aromatic rings. The molecule has 0 bridgehead atoms. The van der Waals surface area contributed by atoms with Crippen molar-refractivity contribution < 1.29 is 17.6 Å². The molecule has 0 heterocycles. The lowest BCUT2D eigenvalue weighted by molar-refractivity contribution is -0.137. The number of rotatable bonds is 8. The van der Waals surface area contributed by atoms with Crippen LogP contribution in [0.4, 0.5) is 17.6 Å². The fourth-order valence-electron chi connectivity index (χ4n) is 2.13. The van der Waals surface area contributed by atoms with Gasteiger partial charge in [0.2, 0.25) is 0 Å². The summed E-state index contributed by atoms with van der Waals surface area (Å²) in [6.45, 7) is 3.61. The quantitative estimate of drug-likeness (QED) is 0.244. The van der Waals surface area contributed by atoms with Crippen LogP contribution in [-0.2, 0) is 6.18 Å². The van der Waals surface area contributed by atoms with Crippen molar-refractivity contribution in [3.8, 4) is 0 Å². The molecule has 0 spiro atoms. The Bertz CT molecular complexity index is 457. The Morgan fingerprint density at radius 3 is 2.52 bits per heavy atom. The van der Waals surface area contributed by atoms with Crippen molar-refractivity contribution >= 4 is 0 Å². The van der Waals surface area contributed by atoms with Crippen LogP contribution in [0.25, 0.3) is 0 Å². The van der Waals surface area contributed by atoms with Crippen LogP contribution >= 0.6 is 0 Å². The highest BCUT2D eigenvalue weighted by molar-refractivity contribution is 5.29. The van der Waals surface area contributed by atoms with Gasteiger partial charge in [-0.3, -0.25) is 11.3 Å². The minimum atomic E-state index is -4.49. The van der Waals surface area contributed by atoms with E-state index in [1.807, 2.05) is 6.08 Å². The number of allylic oxidation sites excluding steroid dienone is 1. The van der Waals surface area contributed by atoms with Crippen LogP contribution in [0.3, 0.4) is 0 Å². The number of alkyl halides is 3. The zero-order valence-electron chi connectivity index (χ0n) is 11.7. The summed E-state index contributed by atoms with van der Waals surface area (Å²) < 4.78 is 51.8. The lowest BCUT2D eigenvalue weighted by atomic mass is 9.98. The van der Waals surface area contributed by atoms with Crippen molar-refractivity contribution in [2.75, 3.05) is 0 Å². The minimum absolute atomic E-state index is 0.0453. The van der Waals surface area contributed by atoms with Crippen LogP contribution in [0.15, 0.2) is 30.9 Å². The third kappa shape index (κ3) is 5.47. The fourth-order valence-corrected chi connectivity index (χ4v) is 2.13. The lowest BCUT2D eigenvalue weighted by Gasteiger charge is -2.18. The van der Waals surface area contributed by atoms with Crippen LogP contribution in [0, 0.1) is 5.82 Å². The van der Waals surface area contributed by atoms with Gasteiger partial charge in [0.15, 0.2) is 0 Å². The van der Waals surface area contributed by atoms with E-state index in [0.29, 0.717) is 6.42 Å². The minimum Gasteiger partial charge on any atom is -0.271 e. The average Bonchev–Trinajstić information content (AvgIpc) is 2.43. The Morgan fingerprint density at radius 2 is 1.95 bits per heavy atom. The Hall–Kier alpha value is -1.40. The Morgan fingerprint density at radius 1 is 1.24 bits per heavy atom. The van der Waals surface area contributed by atoms with E-state index in [-0.39, 0.29) is 5.56 Å². The highest BCUT2D eigenvalue weighted by Gasteiger charge is 2.31. The van der Waals surface area contributed by atoms with Crippen molar-refractivity contribution in [1.29, 1.82) is 0 Å². The first-order chi connectivity index (χ1) is 9.90. The molecule has 118 valence electrons. The van der Waals surface area contributed by atoms with Gasteiger partial charge in [-0.15, -0.1) is 6.58 Å². The first-order valence-corrected chi connectivity index (χ1v) is 6.83. The van der Waals surface area contributed by atoms with E-state index in [1.54, 1.807) is 0 Å². The molecule has 0 aliphatic rings. The van der Waals surface area contributed by atoms with Crippen molar-refractivity contribution in [1.82, 2.24) is 5.43 Å². The maximum absolute atomic E-state index is 13.7. The van der Waals surface area contributed by atoms with Gasteiger partial charge >= 0.3 is 6.18 Å². The summed E-state index contributed by atoms with van der Waals surface area (Å²) in [6.07, 6.45) is 1.27. The van der Waals surface area contributed by atoms with Gasteiger partial charge in [-0.25, -0.2) is 4.39 Å². The van der Waals surface area contributed by atoms with Crippen molar-refractivity contribution in [2.45, 2.75) is 44.3 Å². The normalized spacial score (nSPS) is 13.2. The number of hydrogen-bond donors (Lipinski definition) is 2. The Balaban J connectivity index is 2.77. The second-order valence-electron chi connectivity index (χ2n) is 4.88. The maximum Gasteiger partial charge on any atom is 0.416 e. The summed E-state index contributed by atoms with van der Waals surface area (Å²) in [5.41, 5.74) is 1.49. The second kappa shape index (κ2) is 8.14. The van der Waals surface area contributed by atoms with Crippen LogP contribution in [-0.4, -0.2) is 0 Å². The van der Waals surface area contributed by atoms with Gasteiger partial charge < -0.3 is 0 Å². The molecule has 21 heavy (non-hydrogen) atoms. The number of nitrogens with one attached hydrogen (secondary N) is 1. The van der Waals surface area contributed by atoms with Gasteiger partial charge in [0.25, 0.3) is 0 Å². The first kappa shape index (κ1) is 17.7. The predicted molar refractivity (Wildman–Crippen MR) is 74.7 cm³/mol. The summed E-state index contributed by atoms with van der Waals surface area (Å²) in [7, 11) is 0. The van der Waals surface area contributed by atoms with Crippen molar-refractivity contribution in [3.63, 3.8) is 0 Å². The molecular formula is C15H20F4N2. The van der Waals surface area contributed by atoms with E-state index in [0.717, 1.165) is 43.9 Å². The molecule has 3 N–H and O–H groups in total. The zero-order chi connectivity index (χ0) is 15.9. The van der Waals surface area contributed by atoms with Gasteiger partial charge in [-0.2, -0.15) is 13.2 Å². The van der Waals surface area contributed by atoms with E-state index >= 15 is 0 Å². The van der Waals surface area contributed by atoms with E-state index < -0.39 is 23.6 Å². The molecule has 2 nitrogen and oxygen atoms in total. The Labute approximate surface area is 122 Å². The number of benzene rings is 1. The van der Waals surface area contributed by atoms with Gasteiger partial charge in [0.05, 0.1) is 5.56 Å². The largest absolute Gasteiger partial charge is 0.416 e. The number of halogens is 4.